The Labute approximate surface area is 191 Å². The third-order valence-corrected chi connectivity index (χ3v) is 6.73. The Hall–Kier alpha value is -3.74. The fourth-order valence-corrected chi connectivity index (χ4v) is 5.25. The second kappa shape index (κ2) is 7.13. The zero-order valence-corrected chi connectivity index (χ0v) is 18.8. The smallest absolute Gasteiger partial charge is 0.259 e. The fraction of sp³-hybridized carbons (Fsp3) is 0.308. The van der Waals surface area contributed by atoms with Crippen LogP contribution in [0.15, 0.2) is 53.9 Å². The Morgan fingerprint density at radius 3 is 2.67 bits per heavy atom. The fourth-order valence-electron chi connectivity index (χ4n) is 5.25. The van der Waals surface area contributed by atoms with Gasteiger partial charge >= 0.3 is 0 Å². The van der Waals surface area contributed by atoms with Crippen molar-refractivity contribution in [1.82, 2.24) is 9.47 Å². The number of fused-ring (bicyclic) bond motifs is 1. The Morgan fingerprint density at radius 1 is 1.12 bits per heavy atom. The second-order valence-corrected chi connectivity index (χ2v) is 9.05. The van der Waals surface area contributed by atoms with E-state index in [4.69, 9.17) is 9.47 Å². The van der Waals surface area contributed by atoms with Crippen LogP contribution in [0.3, 0.4) is 0 Å². The first-order valence-corrected chi connectivity index (χ1v) is 11.3. The molecule has 4 heterocycles. The van der Waals surface area contributed by atoms with Gasteiger partial charge in [-0.15, -0.1) is 0 Å². The van der Waals surface area contributed by atoms with E-state index in [1.165, 1.54) is 11.8 Å². The van der Waals surface area contributed by atoms with Crippen molar-refractivity contribution in [1.29, 1.82) is 0 Å². The quantitative estimate of drug-likeness (QED) is 0.643. The molecular weight excluding hydrogens is 418 g/mol. The zero-order chi connectivity index (χ0) is 22.9. The monoisotopic (exact) mass is 443 g/mol. The van der Waals surface area contributed by atoms with Crippen LogP contribution in [0.2, 0.25) is 0 Å². The van der Waals surface area contributed by atoms with Crippen molar-refractivity contribution >= 4 is 28.4 Å². The van der Waals surface area contributed by atoms with Crippen molar-refractivity contribution in [2.24, 2.45) is 0 Å². The maximum Gasteiger partial charge on any atom is 0.259 e. The van der Waals surface area contributed by atoms with Gasteiger partial charge in [0.2, 0.25) is 5.91 Å². The number of amides is 2. The summed E-state index contributed by atoms with van der Waals surface area (Å²) in [6.45, 7) is 6.99. The Bertz CT molecular complexity index is 1370. The molecule has 1 N–H and O–H groups in total. The molecule has 2 aromatic carbocycles. The molecule has 0 spiro atoms. The van der Waals surface area contributed by atoms with Crippen molar-refractivity contribution in [2.75, 3.05) is 25.1 Å². The summed E-state index contributed by atoms with van der Waals surface area (Å²) in [4.78, 5) is 27.1. The summed E-state index contributed by atoms with van der Waals surface area (Å²) in [6, 6.07) is 12.3. The highest BCUT2D eigenvalue weighted by atomic mass is 16.6. The standard InChI is InChI=1S/C26H25N3O4/c1-14(2)28-12-17-23(16-7-8-21-22(11-16)33-10-9-32-21)25-19(13-29(15(3)30)26(25)31)27-18-5-4-6-20(28)24(17)18/h4-8,11-12,14,23,27H,9-10,13H2,1-3H3/t23-/m0/s1. The number of ether oxygens (including phenoxy) is 2. The third kappa shape index (κ3) is 2.88. The number of rotatable bonds is 2. The van der Waals surface area contributed by atoms with Gasteiger partial charge in [0.15, 0.2) is 11.5 Å². The largest absolute Gasteiger partial charge is 0.486 e. The van der Waals surface area contributed by atoms with Crippen molar-refractivity contribution in [3.63, 3.8) is 0 Å². The summed E-state index contributed by atoms with van der Waals surface area (Å²) in [7, 11) is 0. The highest BCUT2D eigenvalue weighted by Crippen LogP contribution is 2.48. The molecule has 168 valence electrons. The Balaban J connectivity index is 1.63. The van der Waals surface area contributed by atoms with E-state index in [1.54, 1.807) is 0 Å². The second-order valence-electron chi connectivity index (χ2n) is 9.05. The first kappa shape index (κ1) is 19.9. The minimum atomic E-state index is -0.341. The highest BCUT2D eigenvalue weighted by molar-refractivity contribution is 6.11. The van der Waals surface area contributed by atoms with Gasteiger partial charge in [-0.2, -0.15) is 0 Å². The van der Waals surface area contributed by atoms with E-state index in [2.05, 4.69) is 36.0 Å². The predicted octanol–water partition coefficient (Wildman–Crippen LogP) is 4.19. The van der Waals surface area contributed by atoms with Crippen LogP contribution in [0.4, 0.5) is 5.69 Å². The first-order valence-electron chi connectivity index (χ1n) is 11.3. The van der Waals surface area contributed by atoms with Gasteiger partial charge in [0, 0.05) is 41.9 Å². The molecule has 1 atom stereocenters. The molecule has 7 nitrogen and oxygen atoms in total. The van der Waals surface area contributed by atoms with E-state index < -0.39 is 0 Å². The minimum absolute atomic E-state index is 0.245. The van der Waals surface area contributed by atoms with Crippen LogP contribution in [0.5, 0.6) is 11.5 Å². The van der Waals surface area contributed by atoms with Gasteiger partial charge in [-0.05, 0) is 49.2 Å². The Kier molecular flexibility index (Phi) is 4.30. The van der Waals surface area contributed by atoms with E-state index in [0.29, 0.717) is 30.3 Å². The number of anilines is 1. The van der Waals surface area contributed by atoms with Crippen LogP contribution in [-0.2, 0) is 9.59 Å². The molecular formula is C26H25N3O4. The number of hydrogen-bond acceptors (Lipinski definition) is 5. The molecule has 7 heteroatoms. The molecule has 0 radical (unpaired) electrons. The molecule has 0 fully saturated rings. The highest BCUT2D eigenvalue weighted by Gasteiger charge is 2.42. The molecule has 0 saturated heterocycles. The normalized spacial score (nSPS) is 19.1. The van der Waals surface area contributed by atoms with Crippen LogP contribution in [0, 0.1) is 0 Å². The average molecular weight is 444 g/mol. The average Bonchev–Trinajstić information content (AvgIpc) is 3.29. The molecule has 33 heavy (non-hydrogen) atoms. The van der Waals surface area contributed by atoms with Gasteiger partial charge in [-0.3, -0.25) is 14.5 Å². The summed E-state index contributed by atoms with van der Waals surface area (Å²) < 4.78 is 13.8. The molecule has 1 aromatic heterocycles. The summed E-state index contributed by atoms with van der Waals surface area (Å²) in [6.07, 6.45) is 2.15. The van der Waals surface area contributed by atoms with Crippen molar-refractivity contribution in [3.8, 4) is 11.5 Å². The topological polar surface area (TPSA) is 72.8 Å². The molecule has 0 aliphatic carbocycles. The maximum absolute atomic E-state index is 13.6. The van der Waals surface area contributed by atoms with Crippen LogP contribution in [0.25, 0.3) is 10.9 Å². The van der Waals surface area contributed by atoms with Gasteiger partial charge in [0.25, 0.3) is 5.91 Å². The number of benzene rings is 2. The number of carbonyl (C=O) groups excluding carboxylic acids is 2. The lowest BCUT2D eigenvalue weighted by atomic mass is 9.84. The van der Waals surface area contributed by atoms with Crippen LogP contribution >= 0.6 is 0 Å². The molecule has 0 bridgehead atoms. The van der Waals surface area contributed by atoms with E-state index in [9.17, 15) is 9.59 Å². The molecule has 3 aliphatic heterocycles. The van der Waals surface area contributed by atoms with Crippen LogP contribution in [-0.4, -0.2) is 41.0 Å². The summed E-state index contributed by atoms with van der Waals surface area (Å²) in [5.41, 5.74) is 5.43. The SMILES string of the molecule is CC(=O)N1CC2=C(C1=O)[C@@H](c1ccc3c(c1)OCCO3)c1cn(C(C)C)c3cccc(c13)N2. The molecule has 3 aliphatic rings. The maximum atomic E-state index is 13.6. The molecule has 6 rings (SSSR count). The van der Waals surface area contributed by atoms with Crippen molar-refractivity contribution in [2.45, 2.75) is 32.7 Å². The predicted molar refractivity (Wildman–Crippen MR) is 125 cm³/mol. The number of aromatic nitrogens is 1. The number of nitrogens with one attached hydrogen (secondary N) is 1. The zero-order valence-electron chi connectivity index (χ0n) is 18.8. The minimum Gasteiger partial charge on any atom is -0.486 e. The van der Waals surface area contributed by atoms with E-state index in [0.717, 1.165) is 33.4 Å². The molecule has 2 amide bonds. The lowest BCUT2D eigenvalue weighted by Gasteiger charge is -2.23. The van der Waals surface area contributed by atoms with E-state index >= 15 is 0 Å². The number of hydrogen-bond donors (Lipinski definition) is 1. The summed E-state index contributed by atoms with van der Waals surface area (Å²) in [5.74, 6) is 0.544. The summed E-state index contributed by atoms with van der Waals surface area (Å²) >= 11 is 0. The van der Waals surface area contributed by atoms with Gasteiger partial charge < -0.3 is 19.4 Å². The van der Waals surface area contributed by atoms with Crippen molar-refractivity contribution < 1.29 is 19.1 Å². The Morgan fingerprint density at radius 2 is 1.91 bits per heavy atom. The molecule has 0 saturated carbocycles. The lowest BCUT2D eigenvalue weighted by Crippen LogP contribution is -2.33. The van der Waals surface area contributed by atoms with Crippen LogP contribution < -0.4 is 14.8 Å². The molecule has 0 unspecified atom stereocenters. The van der Waals surface area contributed by atoms with Crippen molar-refractivity contribution in [3.05, 3.63) is 65.0 Å². The third-order valence-electron chi connectivity index (χ3n) is 6.73. The van der Waals surface area contributed by atoms with Gasteiger partial charge in [0.1, 0.15) is 13.2 Å². The number of carbonyl (C=O) groups is 2. The van der Waals surface area contributed by atoms with E-state index in [-0.39, 0.29) is 30.3 Å². The summed E-state index contributed by atoms with van der Waals surface area (Å²) in [5, 5.41) is 4.61. The lowest BCUT2D eigenvalue weighted by molar-refractivity contribution is -0.139. The van der Waals surface area contributed by atoms with Crippen LogP contribution in [0.1, 0.15) is 43.9 Å². The van der Waals surface area contributed by atoms with Gasteiger partial charge in [0.05, 0.1) is 17.6 Å². The first-order chi connectivity index (χ1) is 15.9. The van der Waals surface area contributed by atoms with E-state index in [1.807, 2.05) is 30.3 Å². The van der Waals surface area contributed by atoms with Gasteiger partial charge in [-0.1, -0.05) is 12.1 Å². The number of imide groups is 1. The number of nitrogens with zero attached hydrogens (tertiary/aromatic N) is 2. The van der Waals surface area contributed by atoms with Gasteiger partial charge in [-0.25, -0.2) is 0 Å². The molecule has 3 aromatic rings.